The average molecular weight is 517 g/mol. The van der Waals surface area contributed by atoms with Gasteiger partial charge in [-0.05, 0) is 48.9 Å². The van der Waals surface area contributed by atoms with Crippen molar-refractivity contribution in [3.8, 4) is 11.5 Å². The van der Waals surface area contributed by atoms with E-state index in [9.17, 15) is 9.59 Å². The zero-order valence-electron chi connectivity index (χ0n) is 22.1. The number of allylic oxidation sites excluding steroid dienone is 4. The number of anilines is 3. The first-order valence-electron chi connectivity index (χ1n) is 12.5. The van der Waals surface area contributed by atoms with E-state index in [4.69, 9.17) is 14.2 Å². The molecule has 0 bridgehead atoms. The summed E-state index contributed by atoms with van der Waals surface area (Å²) in [6, 6.07) is 9.39. The van der Waals surface area contributed by atoms with E-state index in [2.05, 4.69) is 27.1 Å². The normalized spacial score (nSPS) is 13.0. The van der Waals surface area contributed by atoms with Crippen molar-refractivity contribution in [3.05, 3.63) is 60.5 Å². The largest absolute Gasteiger partial charge is 0.493 e. The molecule has 1 N–H and O–H groups in total. The number of hydrogen-bond acceptors (Lipinski definition) is 9. The molecule has 1 aliphatic carbocycles. The lowest BCUT2D eigenvalue weighted by Gasteiger charge is -2.24. The quantitative estimate of drug-likeness (QED) is 0.270. The Kier molecular flexibility index (Phi) is 8.70. The van der Waals surface area contributed by atoms with E-state index in [1.807, 2.05) is 31.3 Å². The van der Waals surface area contributed by atoms with E-state index in [1.54, 1.807) is 20.3 Å². The lowest BCUT2D eigenvalue weighted by atomic mass is 9.94. The number of carbonyl (C=O) groups is 2. The summed E-state index contributed by atoms with van der Waals surface area (Å²) in [6.07, 6.45) is 7.54. The SMILES string of the molecule is CCCCN(C)c1ccc(Nc2ncnc3cc(OCCOC)c(OC)cc23)cc1C1=CC(=O)C=CC1=O. The van der Waals surface area contributed by atoms with Gasteiger partial charge in [-0.2, -0.15) is 0 Å². The van der Waals surface area contributed by atoms with E-state index in [-0.39, 0.29) is 11.6 Å². The van der Waals surface area contributed by atoms with Crippen molar-refractivity contribution in [2.24, 2.45) is 0 Å². The molecule has 0 radical (unpaired) electrons. The van der Waals surface area contributed by atoms with Crippen molar-refractivity contribution in [2.45, 2.75) is 19.8 Å². The van der Waals surface area contributed by atoms with E-state index in [0.717, 1.165) is 30.5 Å². The highest BCUT2D eigenvalue weighted by molar-refractivity contribution is 6.34. The summed E-state index contributed by atoms with van der Waals surface area (Å²) < 4.78 is 16.4. The Morgan fingerprint density at radius 2 is 1.84 bits per heavy atom. The van der Waals surface area contributed by atoms with Crippen molar-refractivity contribution in [3.63, 3.8) is 0 Å². The van der Waals surface area contributed by atoms with E-state index in [0.29, 0.717) is 52.9 Å². The maximum atomic E-state index is 12.8. The molecule has 0 saturated heterocycles. The molecular formula is C29H32N4O5. The molecule has 3 aromatic rings. The molecule has 0 atom stereocenters. The molecule has 0 aliphatic heterocycles. The zero-order valence-corrected chi connectivity index (χ0v) is 22.1. The van der Waals surface area contributed by atoms with Gasteiger partial charge < -0.3 is 24.4 Å². The number of ketones is 2. The van der Waals surface area contributed by atoms with Gasteiger partial charge in [0.1, 0.15) is 18.8 Å². The standard InChI is InChI=1S/C29H32N4O5/c1-5-6-11-33(2)25-9-7-19(14-21(25)22-15-20(34)8-10-26(22)35)32-29-23-16-27(37-4)28(38-13-12-36-3)17-24(23)30-18-31-29/h7-10,14-18H,5-6,11-13H2,1-4H3,(H,30,31,32). The first kappa shape index (κ1) is 26.8. The number of ether oxygens (including phenoxy) is 3. The number of methoxy groups -OCH3 is 2. The topological polar surface area (TPSA) is 103 Å². The molecule has 4 rings (SSSR count). The van der Waals surface area contributed by atoms with E-state index in [1.165, 1.54) is 24.6 Å². The van der Waals surface area contributed by atoms with Crippen LogP contribution in [0.4, 0.5) is 17.2 Å². The Morgan fingerprint density at radius 1 is 1.00 bits per heavy atom. The van der Waals surface area contributed by atoms with Crippen LogP contribution in [0, 0.1) is 0 Å². The summed E-state index contributed by atoms with van der Waals surface area (Å²) in [6.45, 7) is 3.79. The van der Waals surface area contributed by atoms with Crippen LogP contribution in [0.15, 0.2) is 54.9 Å². The third-order valence-electron chi connectivity index (χ3n) is 6.22. The van der Waals surface area contributed by atoms with Gasteiger partial charge in [0.05, 0.1) is 19.2 Å². The molecule has 2 aromatic carbocycles. The van der Waals surface area contributed by atoms with Gasteiger partial charge in [0.2, 0.25) is 0 Å². The highest BCUT2D eigenvalue weighted by atomic mass is 16.5. The molecule has 9 nitrogen and oxygen atoms in total. The maximum absolute atomic E-state index is 12.8. The molecule has 9 heteroatoms. The summed E-state index contributed by atoms with van der Waals surface area (Å²) in [5.74, 6) is 1.25. The Balaban J connectivity index is 1.73. The number of hydrogen-bond donors (Lipinski definition) is 1. The lowest BCUT2D eigenvalue weighted by Crippen LogP contribution is -2.21. The van der Waals surface area contributed by atoms with Gasteiger partial charge >= 0.3 is 0 Å². The van der Waals surface area contributed by atoms with Crippen molar-refractivity contribution >= 4 is 45.2 Å². The van der Waals surface area contributed by atoms with E-state index >= 15 is 0 Å². The molecule has 0 amide bonds. The molecule has 0 unspecified atom stereocenters. The maximum Gasteiger partial charge on any atom is 0.186 e. The molecule has 198 valence electrons. The fourth-order valence-corrected chi connectivity index (χ4v) is 4.21. The molecular weight excluding hydrogens is 484 g/mol. The second kappa shape index (κ2) is 12.3. The van der Waals surface area contributed by atoms with Gasteiger partial charge in [0.15, 0.2) is 23.1 Å². The zero-order chi connectivity index (χ0) is 27.1. The molecule has 1 aromatic heterocycles. The highest BCUT2D eigenvalue weighted by Gasteiger charge is 2.21. The predicted octanol–water partition coefficient (Wildman–Crippen LogP) is 4.73. The Morgan fingerprint density at radius 3 is 2.61 bits per heavy atom. The molecule has 0 spiro atoms. The Hall–Kier alpha value is -4.24. The number of benzene rings is 2. The van der Waals surface area contributed by atoms with Gasteiger partial charge in [-0.3, -0.25) is 9.59 Å². The number of rotatable bonds is 12. The van der Waals surface area contributed by atoms with Crippen molar-refractivity contribution in [1.82, 2.24) is 9.97 Å². The Labute approximate surface area is 222 Å². The first-order chi connectivity index (χ1) is 18.4. The van der Waals surface area contributed by atoms with Crippen LogP contribution in [-0.4, -0.2) is 62.6 Å². The number of nitrogens with zero attached hydrogens (tertiary/aromatic N) is 3. The average Bonchev–Trinajstić information content (AvgIpc) is 2.93. The van der Waals surface area contributed by atoms with Crippen molar-refractivity contribution < 1.29 is 23.8 Å². The monoisotopic (exact) mass is 516 g/mol. The molecule has 0 saturated carbocycles. The molecule has 0 fully saturated rings. The van der Waals surface area contributed by atoms with Crippen molar-refractivity contribution in [2.75, 3.05) is 51.2 Å². The number of unbranched alkanes of at least 4 members (excludes halogenated alkanes) is 1. The Bertz CT molecular complexity index is 1400. The lowest BCUT2D eigenvalue weighted by molar-refractivity contribution is -0.113. The second-order valence-electron chi connectivity index (χ2n) is 8.87. The first-order valence-corrected chi connectivity index (χ1v) is 12.5. The fourth-order valence-electron chi connectivity index (χ4n) is 4.21. The van der Waals surface area contributed by atoms with Gasteiger partial charge in [0, 0.05) is 54.7 Å². The summed E-state index contributed by atoms with van der Waals surface area (Å²) in [7, 11) is 5.18. The third-order valence-corrected chi connectivity index (χ3v) is 6.22. The predicted molar refractivity (Wildman–Crippen MR) is 148 cm³/mol. The van der Waals surface area contributed by atoms with Crippen LogP contribution < -0.4 is 19.7 Å². The van der Waals surface area contributed by atoms with E-state index < -0.39 is 0 Å². The number of fused-ring (bicyclic) bond motifs is 1. The van der Waals surface area contributed by atoms with Crippen molar-refractivity contribution in [1.29, 1.82) is 0 Å². The summed E-state index contributed by atoms with van der Waals surface area (Å²) in [4.78, 5) is 35.9. The van der Waals surface area contributed by atoms with Gasteiger partial charge in [-0.15, -0.1) is 0 Å². The van der Waals surface area contributed by atoms with Crippen LogP contribution >= 0.6 is 0 Å². The third kappa shape index (κ3) is 6.00. The summed E-state index contributed by atoms with van der Waals surface area (Å²) in [5, 5.41) is 4.09. The minimum atomic E-state index is -0.211. The number of carbonyl (C=O) groups excluding carboxylic acids is 2. The van der Waals surface area contributed by atoms with Crippen LogP contribution in [0.2, 0.25) is 0 Å². The summed E-state index contributed by atoms with van der Waals surface area (Å²) >= 11 is 0. The van der Waals surface area contributed by atoms with Gasteiger partial charge in [0.25, 0.3) is 0 Å². The van der Waals surface area contributed by atoms with Gasteiger partial charge in [-0.1, -0.05) is 13.3 Å². The highest BCUT2D eigenvalue weighted by Crippen LogP contribution is 2.36. The van der Waals surface area contributed by atoms with Crippen LogP contribution in [0.25, 0.3) is 16.5 Å². The van der Waals surface area contributed by atoms with Crippen LogP contribution in [-0.2, 0) is 14.3 Å². The number of nitrogens with one attached hydrogen (secondary N) is 1. The smallest absolute Gasteiger partial charge is 0.186 e. The minimum Gasteiger partial charge on any atom is -0.493 e. The number of aromatic nitrogens is 2. The van der Waals surface area contributed by atoms with Crippen LogP contribution in [0.5, 0.6) is 11.5 Å². The van der Waals surface area contributed by atoms with Gasteiger partial charge in [-0.25, -0.2) is 9.97 Å². The van der Waals surface area contributed by atoms with Crippen LogP contribution in [0.1, 0.15) is 25.3 Å². The second-order valence-corrected chi connectivity index (χ2v) is 8.87. The molecule has 1 aliphatic rings. The molecule has 1 heterocycles. The molecule has 38 heavy (non-hydrogen) atoms. The van der Waals surface area contributed by atoms with Crippen LogP contribution in [0.3, 0.4) is 0 Å². The minimum absolute atomic E-state index is 0.204. The summed E-state index contributed by atoms with van der Waals surface area (Å²) in [5.41, 5.74) is 3.31. The fraction of sp³-hybridized carbons (Fsp3) is 0.310.